The molecule has 1 amide bonds. The lowest BCUT2D eigenvalue weighted by Crippen LogP contribution is -2.27. The van der Waals surface area contributed by atoms with E-state index in [0.717, 1.165) is 24.7 Å². The second-order valence-corrected chi connectivity index (χ2v) is 8.05. The molecule has 0 saturated carbocycles. The van der Waals surface area contributed by atoms with Crippen LogP contribution in [0.25, 0.3) is 10.2 Å². The van der Waals surface area contributed by atoms with E-state index in [9.17, 15) is 4.79 Å². The van der Waals surface area contributed by atoms with E-state index in [1.165, 1.54) is 23.1 Å². The summed E-state index contributed by atoms with van der Waals surface area (Å²) in [6, 6.07) is 8.00. The van der Waals surface area contributed by atoms with Crippen molar-refractivity contribution >= 4 is 55.7 Å². The molecule has 0 aliphatic rings. The Morgan fingerprint density at radius 3 is 2.87 bits per heavy atom. The highest BCUT2D eigenvalue weighted by molar-refractivity contribution is 8.01. The van der Waals surface area contributed by atoms with Gasteiger partial charge < -0.3 is 10.2 Å². The second-order valence-electron chi connectivity index (χ2n) is 4.74. The Labute approximate surface area is 145 Å². The molecule has 1 N–H and O–H groups in total. The lowest BCUT2D eigenvalue weighted by Gasteiger charge is -2.14. The van der Waals surface area contributed by atoms with Gasteiger partial charge in [-0.15, -0.1) is 21.5 Å². The number of para-hydroxylation sites is 1. The number of hydrogen-bond acceptors (Lipinski definition) is 8. The van der Waals surface area contributed by atoms with Crippen molar-refractivity contribution in [2.75, 3.05) is 25.2 Å². The number of fused-ring (bicyclic) bond motifs is 1. The van der Waals surface area contributed by atoms with Crippen LogP contribution >= 0.6 is 34.4 Å². The zero-order valence-electron chi connectivity index (χ0n) is 12.6. The fraction of sp³-hybridized carbons (Fsp3) is 0.286. The van der Waals surface area contributed by atoms with Crippen molar-refractivity contribution in [3.05, 3.63) is 29.3 Å². The summed E-state index contributed by atoms with van der Waals surface area (Å²) in [5.74, 6) is 0.398. The van der Waals surface area contributed by atoms with Crippen molar-refractivity contribution in [3.63, 3.8) is 0 Å². The molecule has 120 valence electrons. The van der Waals surface area contributed by atoms with Crippen LogP contribution in [0.1, 0.15) is 5.01 Å². The van der Waals surface area contributed by atoms with Crippen molar-refractivity contribution < 1.29 is 4.79 Å². The van der Waals surface area contributed by atoms with Gasteiger partial charge in [0, 0.05) is 14.1 Å². The molecule has 2 aromatic heterocycles. The SMILES string of the molecule is CNc1nnc(SCC(=O)N(C)Cc2nc3ccccc3s2)s1. The topological polar surface area (TPSA) is 71.0 Å². The highest BCUT2D eigenvalue weighted by Gasteiger charge is 2.14. The van der Waals surface area contributed by atoms with E-state index in [-0.39, 0.29) is 5.91 Å². The average Bonchev–Trinajstić information content (AvgIpc) is 3.18. The third-order valence-electron chi connectivity index (χ3n) is 3.08. The Kier molecular flexibility index (Phi) is 5.09. The third kappa shape index (κ3) is 3.98. The molecule has 3 aromatic rings. The molecule has 2 heterocycles. The molecule has 0 saturated heterocycles. The molecular formula is C14H15N5OS3. The molecule has 1 aromatic carbocycles. The fourth-order valence-electron chi connectivity index (χ4n) is 1.88. The van der Waals surface area contributed by atoms with E-state index in [1.807, 2.05) is 24.3 Å². The summed E-state index contributed by atoms with van der Waals surface area (Å²) in [4.78, 5) is 18.5. The summed E-state index contributed by atoms with van der Waals surface area (Å²) in [5, 5.41) is 12.6. The second kappa shape index (κ2) is 7.24. The number of nitrogens with zero attached hydrogens (tertiary/aromatic N) is 4. The highest BCUT2D eigenvalue weighted by Crippen LogP contribution is 2.26. The summed E-state index contributed by atoms with van der Waals surface area (Å²) < 4.78 is 1.93. The maximum absolute atomic E-state index is 12.2. The number of nitrogens with one attached hydrogen (secondary N) is 1. The minimum atomic E-state index is 0.0514. The average molecular weight is 366 g/mol. The van der Waals surface area contributed by atoms with Gasteiger partial charge in [0.25, 0.3) is 0 Å². The number of amides is 1. The molecule has 0 aliphatic heterocycles. The normalized spacial score (nSPS) is 10.9. The van der Waals surface area contributed by atoms with Gasteiger partial charge >= 0.3 is 0 Å². The summed E-state index contributed by atoms with van der Waals surface area (Å²) >= 11 is 4.47. The highest BCUT2D eigenvalue weighted by atomic mass is 32.2. The summed E-state index contributed by atoms with van der Waals surface area (Å²) in [7, 11) is 3.60. The Hall–Kier alpha value is -1.71. The van der Waals surface area contributed by atoms with E-state index < -0.39 is 0 Å². The molecule has 0 fully saturated rings. The van der Waals surface area contributed by atoms with Crippen molar-refractivity contribution in [3.8, 4) is 0 Å². The van der Waals surface area contributed by atoms with Gasteiger partial charge in [0.15, 0.2) is 4.34 Å². The Morgan fingerprint density at radius 1 is 1.30 bits per heavy atom. The predicted octanol–water partition coefficient (Wildman–Crippen LogP) is 2.94. The Morgan fingerprint density at radius 2 is 2.13 bits per heavy atom. The maximum Gasteiger partial charge on any atom is 0.233 e. The van der Waals surface area contributed by atoms with Crippen LogP contribution in [0.15, 0.2) is 28.6 Å². The molecule has 0 bridgehead atoms. The third-order valence-corrected chi connectivity index (χ3v) is 6.16. The number of hydrogen-bond donors (Lipinski definition) is 1. The molecule has 3 rings (SSSR count). The van der Waals surface area contributed by atoms with Crippen molar-refractivity contribution in [1.29, 1.82) is 0 Å². The van der Waals surface area contributed by atoms with Gasteiger partial charge in [0.2, 0.25) is 11.0 Å². The largest absolute Gasteiger partial charge is 0.363 e. The van der Waals surface area contributed by atoms with Gasteiger partial charge in [-0.05, 0) is 12.1 Å². The van der Waals surface area contributed by atoms with Crippen LogP contribution in [-0.4, -0.2) is 45.8 Å². The minimum absolute atomic E-state index is 0.0514. The van der Waals surface area contributed by atoms with Gasteiger partial charge in [-0.1, -0.05) is 35.2 Å². The molecule has 6 nitrogen and oxygen atoms in total. The lowest BCUT2D eigenvalue weighted by atomic mass is 10.3. The zero-order chi connectivity index (χ0) is 16.2. The minimum Gasteiger partial charge on any atom is -0.363 e. The van der Waals surface area contributed by atoms with Crippen LogP contribution < -0.4 is 5.32 Å². The van der Waals surface area contributed by atoms with Crippen LogP contribution in [0.2, 0.25) is 0 Å². The van der Waals surface area contributed by atoms with E-state index in [1.54, 1.807) is 30.3 Å². The van der Waals surface area contributed by atoms with Crippen LogP contribution in [0.5, 0.6) is 0 Å². The molecule has 23 heavy (non-hydrogen) atoms. The first-order valence-electron chi connectivity index (χ1n) is 6.88. The zero-order valence-corrected chi connectivity index (χ0v) is 15.1. The van der Waals surface area contributed by atoms with E-state index in [0.29, 0.717) is 12.3 Å². The standard InChI is InChI=1S/C14H15N5OS3/c1-15-13-17-18-14(23-13)21-8-12(20)19(2)7-11-16-9-5-3-4-6-10(9)22-11/h3-6H,7-8H2,1-2H3,(H,15,17). The van der Waals surface area contributed by atoms with Gasteiger partial charge in [-0.25, -0.2) is 4.98 Å². The molecule has 0 aliphatic carbocycles. The smallest absolute Gasteiger partial charge is 0.233 e. The van der Waals surface area contributed by atoms with Crippen LogP contribution in [0, 0.1) is 0 Å². The summed E-state index contributed by atoms with van der Waals surface area (Å²) in [5.41, 5.74) is 0.983. The Balaban J connectivity index is 1.56. The number of benzene rings is 1. The number of thiazole rings is 1. The molecule has 0 radical (unpaired) electrons. The first-order chi connectivity index (χ1) is 11.2. The van der Waals surface area contributed by atoms with Crippen molar-refractivity contribution in [1.82, 2.24) is 20.1 Å². The number of anilines is 1. The predicted molar refractivity (Wildman–Crippen MR) is 96.3 cm³/mol. The fourth-order valence-corrected chi connectivity index (χ4v) is 4.55. The number of carbonyl (C=O) groups excluding carboxylic acids is 1. The van der Waals surface area contributed by atoms with Gasteiger partial charge in [-0.2, -0.15) is 0 Å². The van der Waals surface area contributed by atoms with Gasteiger partial charge in [0.1, 0.15) is 5.01 Å². The number of carbonyl (C=O) groups is 1. The number of thioether (sulfide) groups is 1. The van der Waals surface area contributed by atoms with E-state index >= 15 is 0 Å². The number of rotatable bonds is 6. The van der Waals surface area contributed by atoms with Crippen molar-refractivity contribution in [2.45, 2.75) is 10.9 Å². The monoisotopic (exact) mass is 365 g/mol. The Bertz CT molecular complexity index is 782. The molecule has 0 atom stereocenters. The molecule has 0 spiro atoms. The molecule has 9 heteroatoms. The van der Waals surface area contributed by atoms with Gasteiger partial charge in [-0.3, -0.25) is 4.79 Å². The van der Waals surface area contributed by atoms with Crippen LogP contribution in [0.3, 0.4) is 0 Å². The van der Waals surface area contributed by atoms with E-state index in [4.69, 9.17) is 0 Å². The van der Waals surface area contributed by atoms with Crippen LogP contribution in [0.4, 0.5) is 5.13 Å². The lowest BCUT2D eigenvalue weighted by molar-refractivity contribution is -0.127. The summed E-state index contributed by atoms with van der Waals surface area (Å²) in [6.07, 6.45) is 0. The maximum atomic E-state index is 12.2. The summed E-state index contributed by atoms with van der Waals surface area (Å²) in [6.45, 7) is 0.524. The number of aromatic nitrogens is 3. The van der Waals surface area contributed by atoms with E-state index in [2.05, 4.69) is 20.5 Å². The first kappa shape index (κ1) is 16.2. The quantitative estimate of drug-likeness (QED) is 0.677. The van der Waals surface area contributed by atoms with Crippen molar-refractivity contribution in [2.24, 2.45) is 0 Å². The molecular weight excluding hydrogens is 350 g/mol. The molecule has 0 unspecified atom stereocenters. The van der Waals surface area contributed by atoms with Crippen LogP contribution in [-0.2, 0) is 11.3 Å². The first-order valence-corrected chi connectivity index (χ1v) is 9.50. The van der Waals surface area contributed by atoms with Gasteiger partial charge in [0.05, 0.1) is 22.5 Å².